The van der Waals surface area contributed by atoms with Crippen LogP contribution in [0.4, 0.5) is 0 Å². The third-order valence-corrected chi connectivity index (χ3v) is 5.89. The van der Waals surface area contributed by atoms with Gasteiger partial charge in [0.25, 0.3) is 0 Å². The minimum absolute atomic E-state index is 0.0341. The molecule has 0 aliphatic rings. The fraction of sp³-hybridized carbons (Fsp3) is 0.462. The van der Waals surface area contributed by atoms with Crippen molar-refractivity contribution >= 4 is 11.9 Å². The molecule has 6 heteroatoms. The number of nitrogens with zero attached hydrogens (tertiary/aromatic N) is 2. The Morgan fingerprint density at radius 3 is 1.31 bits per heavy atom. The summed E-state index contributed by atoms with van der Waals surface area (Å²) < 4.78 is 10.1. The van der Waals surface area contributed by atoms with Crippen molar-refractivity contribution < 1.29 is 19.1 Å². The molecule has 0 aliphatic carbocycles. The Morgan fingerprint density at radius 1 is 0.719 bits per heavy atom. The summed E-state index contributed by atoms with van der Waals surface area (Å²) in [6, 6.07) is 19.8. The smallest absolute Gasteiger partial charge is 0.335 e. The maximum absolute atomic E-state index is 12.7. The molecule has 0 saturated heterocycles. The van der Waals surface area contributed by atoms with Gasteiger partial charge in [0.15, 0.2) is 11.1 Å². The highest BCUT2D eigenvalue weighted by molar-refractivity contribution is 5.82. The van der Waals surface area contributed by atoms with Crippen molar-refractivity contribution in [2.24, 2.45) is 10.2 Å². The van der Waals surface area contributed by atoms with Crippen molar-refractivity contribution in [3.8, 4) is 0 Å². The fourth-order valence-electron chi connectivity index (χ4n) is 3.98. The number of benzene rings is 2. The van der Waals surface area contributed by atoms with E-state index in [1.807, 2.05) is 74.5 Å². The molecule has 4 atom stereocenters. The van der Waals surface area contributed by atoms with E-state index in [-0.39, 0.29) is 11.8 Å². The van der Waals surface area contributed by atoms with Crippen molar-refractivity contribution in [2.45, 2.75) is 63.5 Å². The Morgan fingerprint density at radius 2 is 1.03 bits per heavy atom. The first-order chi connectivity index (χ1) is 15.1. The number of methoxy groups -OCH3 is 2. The normalized spacial score (nSPS) is 17.1. The van der Waals surface area contributed by atoms with Gasteiger partial charge in [0.1, 0.15) is 0 Å². The van der Waals surface area contributed by atoms with Crippen LogP contribution in [0.25, 0.3) is 0 Å². The minimum Gasteiger partial charge on any atom is -0.467 e. The van der Waals surface area contributed by atoms with Crippen LogP contribution in [0.3, 0.4) is 0 Å². The predicted octanol–water partition coefficient (Wildman–Crippen LogP) is 5.69. The zero-order valence-corrected chi connectivity index (χ0v) is 19.9. The molecule has 0 amide bonds. The van der Waals surface area contributed by atoms with E-state index in [0.717, 1.165) is 11.1 Å². The van der Waals surface area contributed by atoms with Crippen LogP contribution in [0, 0.1) is 0 Å². The lowest BCUT2D eigenvalue weighted by Crippen LogP contribution is -2.39. The van der Waals surface area contributed by atoms with Gasteiger partial charge < -0.3 is 9.47 Å². The van der Waals surface area contributed by atoms with Crippen molar-refractivity contribution in [3.05, 3.63) is 71.8 Å². The second-order valence-corrected chi connectivity index (χ2v) is 8.76. The summed E-state index contributed by atoms with van der Waals surface area (Å²) in [4.78, 5) is 25.4. The molecule has 0 N–H and O–H groups in total. The molecule has 2 rings (SSSR count). The molecule has 0 bridgehead atoms. The first-order valence-electron chi connectivity index (χ1n) is 10.9. The second-order valence-electron chi connectivity index (χ2n) is 8.76. The molecule has 6 nitrogen and oxygen atoms in total. The average molecular weight is 439 g/mol. The molecule has 0 fully saturated rings. The van der Waals surface area contributed by atoms with E-state index >= 15 is 0 Å². The molecular formula is C26H34N2O4. The number of hydrogen-bond donors (Lipinski definition) is 0. The van der Waals surface area contributed by atoms with E-state index in [4.69, 9.17) is 9.47 Å². The average Bonchev–Trinajstić information content (AvgIpc) is 2.82. The Hall–Kier alpha value is -3.02. The molecule has 0 radical (unpaired) electrons. The highest BCUT2D eigenvalue weighted by atomic mass is 16.5. The summed E-state index contributed by atoms with van der Waals surface area (Å²) in [5.41, 5.74) is -0.303. The van der Waals surface area contributed by atoms with Gasteiger partial charge in [-0.1, -0.05) is 74.5 Å². The zero-order valence-electron chi connectivity index (χ0n) is 19.9. The van der Waals surface area contributed by atoms with Gasteiger partial charge in [0.2, 0.25) is 0 Å². The van der Waals surface area contributed by atoms with E-state index < -0.39 is 23.0 Å². The standard InChI is InChI=1S/C26H34N2O4/c1-19(21-13-9-7-10-14-21)17-25(3,23(29)31-5)27-28-26(4,24(30)32-6)18-20(2)22-15-11-8-12-16-22/h7-16,19-20H,17-18H2,1-6H3. The van der Waals surface area contributed by atoms with Gasteiger partial charge in [-0.15, -0.1) is 0 Å². The summed E-state index contributed by atoms with van der Waals surface area (Å²) in [5.74, 6) is -0.918. The van der Waals surface area contributed by atoms with Crippen LogP contribution in [0.5, 0.6) is 0 Å². The summed E-state index contributed by atoms with van der Waals surface area (Å²) in [7, 11) is 2.67. The van der Waals surface area contributed by atoms with Gasteiger partial charge in [0, 0.05) is 0 Å². The minimum atomic E-state index is -1.24. The molecule has 0 aliphatic heterocycles. The van der Waals surface area contributed by atoms with Crippen molar-refractivity contribution in [1.82, 2.24) is 0 Å². The zero-order chi connectivity index (χ0) is 23.8. The first-order valence-corrected chi connectivity index (χ1v) is 10.9. The number of azo groups is 1. The molecule has 4 unspecified atom stereocenters. The molecule has 0 saturated carbocycles. The summed E-state index contributed by atoms with van der Waals surface area (Å²) in [6.07, 6.45) is 0.775. The Bertz CT molecular complexity index is 840. The topological polar surface area (TPSA) is 77.3 Å². The van der Waals surface area contributed by atoms with Crippen LogP contribution in [-0.4, -0.2) is 37.2 Å². The van der Waals surface area contributed by atoms with E-state index in [9.17, 15) is 9.59 Å². The van der Waals surface area contributed by atoms with Gasteiger partial charge >= 0.3 is 11.9 Å². The Balaban J connectivity index is 2.34. The Kier molecular flexibility index (Phi) is 8.70. The van der Waals surface area contributed by atoms with Crippen LogP contribution in [0.15, 0.2) is 70.9 Å². The SMILES string of the molecule is COC(=O)C(C)(CC(C)c1ccccc1)N=NC(C)(CC(C)c1ccccc1)C(=O)OC. The molecule has 0 heterocycles. The van der Waals surface area contributed by atoms with Crippen molar-refractivity contribution in [2.75, 3.05) is 14.2 Å². The quantitative estimate of drug-likeness (QED) is 0.353. The number of carbonyl (C=O) groups is 2. The van der Waals surface area contributed by atoms with E-state index in [2.05, 4.69) is 10.2 Å². The fourth-order valence-corrected chi connectivity index (χ4v) is 3.98. The largest absolute Gasteiger partial charge is 0.467 e. The van der Waals surface area contributed by atoms with Crippen molar-refractivity contribution in [3.63, 3.8) is 0 Å². The highest BCUT2D eigenvalue weighted by Crippen LogP contribution is 2.34. The van der Waals surface area contributed by atoms with E-state index in [1.54, 1.807) is 13.8 Å². The van der Waals surface area contributed by atoms with Gasteiger partial charge in [-0.3, -0.25) is 0 Å². The molecular weight excluding hydrogens is 404 g/mol. The summed E-state index contributed by atoms with van der Waals surface area (Å²) >= 11 is 0. The van der Waals surface area contributed by atoms with E-state index in [1.165, 1.54) is 14.2 Å². The number of hydrogen-bond acceptors (Lipinski definition) is 6. The first kappa shape index (κ1) is 25.2. The molecule has 0 spiro atoms. The lowest BCUT2D eigenvalue weighted by atomic mass is 9.85. The predicted molar refractivity (Wildman–Crippen MR) is 125 cm³/mol. The number of rotatable bonds is 10. The van der Waals surface area contributed by atoms with Gasteiger partial charge in [0.05, 0.1) is 14.2 Å². The maximum Gasteiger partial charge on any atom is 0.335 e. The molecule has 2 aromatic carbocycles. The third kappa shape index (κ3) is 6.25. The maximum atomic E-state index is 12.7. The molecule has 32 heavy (non-hydrogen) atoms. The number of esters is 2. The van der Waals surface area contributed by atoms with Crippen molar-refractivity contribution in [1.29, 1.82) is 0 Å². The lowest BCUT2D eigenvalue weighted by Gasteiger charge is -2.29. The van der Waals surface area contributed by atoms with Crippen LogP contribution >= 0.6 is 0 Å². The van der Waals surface area contributed by atoms with Crippen LogP contribution in [-0.2, 0) is 19.1 Å². The third-order valence-electron chi connectivity index (χ3n) is 5.89. The number of ether oxygens (including phenoxy) is 2. The van der Waals surface area contributed by atoms with Gasteiger partial charge in [-0.05, 0) is 49.7 Å². The molecule has 172 valence electrons. The number of carbonyl (C=O) groups excluding carboxylic acids is 2. The highest BCUT2D eigenvalue weighted by Gasteiger charge is 2.41. The van der Waals surface area contributed by atoms with Crippen LogP contribution in [0.2, 0.25) is 0 Å². The van der Waals surface area contributed by atoms with Crippen LogP contribution < -0.4 is 0 Å². The monoisotopic (exact) mass is 438 g/mol. The Labute approximate surface area is 191 Å². The van der Waals surface area contributed by atoms with Crippen LogP contribution in [0.1, 0.15) is 63.5 Å². The summed E-state index contributed by atoms with van der Waals surface area (Å²) in [5, 5.41) is 8.86. The second kappa shape index (κ2) is 11.0. The molecule has 2 aromatic rings. The summed E-state index contributed by atoms with van der Waals surface area (Å²) in [6.45, 7) is 7.45. The lowest BCUT2D eigenvalue weighted by molar-refractivity contribution is -0.149. The molecule has 0 aromatic heterocycles. The van der Waals surface area contributed by atoms with Gasteiger partial charge in [-0.25, -0.2) is 9.59 Å². The van der Waals surface area contributed by atoms with E-state index in [0.29, 0.717) is 12.8 Å². The van der Waals surface area contributed by atoms with Gasteiger partial charge in [-0.2, -0.15) is 10.2 Å².